The van der Waals surface area contributed by atoms with Gasteiger partial charge in [0.25, 0.3) is 10.0 Å². The molecule has 2 aromatic carbocycles. The van der Waals surface area contributed by atoms with Crippen molar-refractivity contribution in [2.75, 3.05) is 45.0 Å². The minimum Gasteiger partial charge on any atom is -0.496 e. The Hall–Kier alpha value is -3.60. The standard InChI is InChI=1S/C20H24N2O8S/c1-27-14-10-18(29-3)15(19(11-14)30-4)7-8-31(25,26)22-13-5-6-17(28-2)16(9-13)21-12-20(23)24/h5-11,21-22H,12H2,1-4H3,(H,23,24)/b8-7+. The van der Waals surface area contributed by atoms with Crippen LogP contribution >= 0.6 is 0 Å². The van der Waals surface area contributed by atoms with E-state index in [0.29, 0.717) is 34.2 Å². The minimum absolute atomic E-state index is 0.215. The molecule has 2 rings (SSSR count). The fraction of sp³-hybridized carbons (Fsp3) is 0.250. The number of rotatable bonds is 11. The Morgan fingerprint density at radius 1 is 0.968 bits per heavy atom. The molecule has 0 spiro atoms. The quantitative estimate of drug-likeness (QED) is 0.470. The average molecular weight is 452 g/mol. The third-order valence-electron chi connectivity index (χ3n) is 4.06. The van der Waals surface area contributed by atoms with Crippen LogP contribution < -0.4 is 29.0 Å². The molecule has 31 heavy (non-hydrogen) atoms. The second-order valence-electron chi connectivity index (χ2n) is 6.06. The Morgan fingerprint density at radius 3 is 2.10 bits per heavy atom. The van der Waals surface area contributed by atoms with E-state index in [0.717, 1.165) is 5.41 Å². The summed E-state index contributed by atoms with van der Waals surface area (Å²) in [4.78, 5) is 10.8. The number of sulfonamides is 1. The maximum Gasteiger partial charge on any atom is 0.322 e. The van der Waals surface area contributed by atoms with Crippen molar-refractivity contribution in [2.45, 2.75) is 0 Å². The Balaban J connectivity index is 2.31. The van der Waals surface area contributed by atoms with Gasteiger partial charge in [0.2, 0.25) is 0 Å². The van der Waals surface area contributed by atoms with Crippen molar-refractivity contribution in [3.63, 3.8) is 0 Å². The van der Waals surface area contributed by atoms with Crippen LogP contribution in [-0.4, -0.2) is 54.5 Å². The molecule has 0 unspecified atom stereocenters. The molecular weight excluding hydrogens is 428 g/mol. The van der Waals surface area contributed by atoms with Crippen LogP contribution in [0.5, 0.6) is 23.0 Å². The van der Waals surface area contributed by atoms with Crippen LogP contribution in [0.25, 0.3) is 6.08 Å². The zero-order valence-corrected chi connectivity index (χ0v) is 18.3. The number of carbonyl (C=O) groups is 1. The van der Waals surface area contributed by atoms with Crippen molar-refractivity contribution < 1.29 is 37.3 Å². The largest absolute Gasteiger partial charge is 0.496 e. The molecule has 0 bridgehead atoms. The Bertz CT molecular complexity index is 1040. The Kier molecular flexibility index (Phi) is 7.97. The van der Waals surface area contributed by atoms with Crippen molar-refractivity contribution in [3.8, 4) is 23.0 Å². The molecule has 3 N–H and O–H groups in total. The van der Waals surface area contributed by atoms with Gasteiger partial charge < -0.3 is 29.4 Å². The van der Waals surface area contributed by atoms with Crippen LogP contribution in [-0.2, 0) is 14.8 Å². The van der Waals surface area contributed by atoms with Crippen molar-refractivity contribution in [3.05, 3.63) is 41.3 Å². The monoisotopic (exact) mass is 452 g/mol. The summed E-state index contributed by atoms with van der Waals surface area (Å²) >= 11 is 0. The first kappa shape index (κ1) is 23.7. The van der Waals surface area contributed by atoms with Gasteiger partial charge >= 0.3 is 5.97 Å². The van der Waals surface area contributed by atoms with Crippen LogP contribution in [0.2, 0.25) is 0 Å². The predicted octanol–water partition coefficient (Wildman–Crippen LogP) is 2.63. The molecule has 0 aromatic heterocycles. The van der Waals surface area contributed by atoms with E-state index in [-0.39, 0.29) is 12.2 Å². The summed E-state index contributed by atoms with van der Waals surface area (Å²) in [5.41, 5.74) is 0.953. The van der Waals surface area contributed by atoms with Gasteiger partial charge in [-0.2, -0.15) is 0 Å². The molecule has 0 aliphatic rings. The highest BCUT2D eigenvalue weighted by molar-refractivity contribution is 7.95. The summed E-state index contributed by atoms with van der Waals surface area (Å²) in [6.45, 7) is -0.358. The summed E-state index contributed by atoms with van der Waals surface area (Å²) in [5, 5.41) is 12.5. The maximum absolute atomic E-state index is 12.6. The molecule has 11 heteroatoms. The first-order valence-corrected chi connectivity index (χ1v) is 10.4. The molecular formula is C20H24N2O8S. The summed E-state index contributed by atoms with van der Waals surface area (Å²) in [6.07, 6.45) is 1.34. The zero-order valence-electron chi connectivity index (χ0n) is 17.5. The van der Waals surface area contributed by atoms with Crippen LogP contribution in [0.1, 0.15) is 5.56 Å². The smallest absolute Gasteiger partial charge is 0.322 e. The van der Waals surface area contributed by atoms with E-state index in [1.54, 1.807) is 12.1 Å². The van der Waals surface area contributed by atoms with Gasteiger partial charge in [0.05, 0.1) is 50.8 Å². The number of nitrogens with one attached hydrogen (secondary N) is 2. The maximum atomic E-state index is 12.6. The van der Waals surface area contributed by atoms with Gasteiger partial charge in [0.15, 0.2) is 0 Å². The molecule has 0 heterocycles. The number of ether oxygens (including phenoxy) is 4. The summed E-state index contributed by atoms with van der Waals surface area (Å²) in [7, 11) is 1.88. The third-order valence-corrected chi connectivity index (χ3v) is 5.07. The molecule has 2 aromatic rings. The van der Waals surface area contributed by atoms with Gasteiger partial charge in [-0.25, -0.2) is 8.42 Å². The fourth-order valence-corrected chi connectivity index (χ4v) is 3.47. The fourth-order valence-electron chi connectivity index (χ4n) is 2.63. The van der Waals surface area contributed by atoms with E-state index < -0.39 is 16.0 Å². The predicted molar refractivity (Wildman–Crippen MR) is 117 cm³/mol. The van der Waals surface area contributed by atoms with Gasteiger partial charge in [0.1, 0.15) is 29.5 Å². The van der Waals surface area contributed by atoms with E-state index in [1.807, 2.05) is 0 Å². The first-order valence-electron chi connectivity index (χ1n) is 8.87. The van der Waals surface area contributed by atoms with E-state index in [4.69, 9.17) is 24.1 Å². The molecule has 0 atom stereocenters. The van der Waals surface area contributed by atoms with Crippen LogP contribution in [0.4, 0.5) is 11.4 Å². The Morgan fingerprint density at radius 2 is 1.58 bits per heavy atom. The number of aliphatic carboxylic acids is 1. The Labute approximate surface area is 180 Å². The summed E-state index contributed by atoms with van der Waals surface area (Å²) in [5.74, 6) is 0.525. The molecule has 0 aliphatic carbocycles. The highest BCUT2D eigenvalue weighted by Gasteiger charge is 2.14. The van der Waals surface area contributed by atoms with Gasteiger partial charge in [-0.1, -0.05) is 0 Å². The molecule has 168 valence electrons. The lowest BCUT2D eigenvalue weighted by Gasteiger charge is -2.13. The second-order valence-corrected chi connectivity index (χ2v) is 7.62. The van der Waals surface area contributed by atoms with Crippen molar-refractivity contribution in [1.29, 1.82) is 0 Å². The average Bonchev–Trinajstić information content (AvgIpc) is 2.75. The minimum atomic E-state index is -3.92. The number of carboxylic acids is 1. The van der Waals surface area contributed by atoms with E-state index >= 15 is 0 Å². The number of hydrogen-bond acceptors (Lipinski definition) is 8. The summed E-state index contributed by atoms with van der Waals surface area (Å²) < 4.78 is 48.5. The third kappa shape index (κ3) is 6.44. The lowest BCUT2D eigenvalue weighted by Crippen LogP contribution is -2.14. The number of benzene rings is 2. The lowest BCUT2D eigenvalue weighted by molar-refractivity contribution is -0.134. The molecule has 0 fully saturated rings. The van der Waals surface area contributed by atoms with E-state index in [1.165, 1.54) is 52.7 Å². The van der Waals surface area contributed by atoms with E-state index in [9.17, 15) is 13.2 Å². The lowest BCUT2D eigenvalue weighted by atomic mass is 10.1. The number of methoxy groups -OCH3 is 4. The molecule has 10 nitrogen and oxygen atoms in total. The number of anilines is 2. The second kappa shape index (κ2) is 10.4. The van der Waals surface area contributed by atoms with E-state index in [2.05, 4.69) is 10.0 Å². The molecule has 0 saturated carbocycles. The van der Waals surface area contributed by atoms with Crippen LogP contribution in [0.3, 0.4) is 0 Å². The van der Waals surface area contributed by atoms with Crippen molar-refractivity contribution >= 4 is 33.4 Å². The van der Waals surface area contributed by atoms with Gasteiger partial charge in [-0.3, -0.25) is 9.52 Å². The van der Waals surface area contributed by atoms with Gasteiger partial charge in [-0.05, 0) is 24.3 Å². The SMILES string of the molecule is COc1cc(OC)c(/C=C/S(=O)(=O)Nc2ccc(OC)c(NCC(=O)O)c2)c(OC)c1. The van der Waals surface area contributed by atoms with Gasteiger partial charge in [0, 0.05) is 12.1 Å². The van der Waals surface area contributed by atoms with Crippen molar-refractivity contribution in [1.82, 2.24) is 0 Å². The van der Waals surface area contributed by atoms with Crippen LogP contribution in [0.15, 0.2) is 35.7 Å². The molecule has 0 saturated heterocycles. The molecule has 0 radical (unpaired) electrons. The molecule has 0 amide bonds. The number of hydrogen-bond donors (Lipinski definition) is 3. The highest BCUT2D eigenvalue weighted by atomic mass is 32.2. The first-order chi connectivity index (χ1) is 14.7. The van der Waals surface area contributed by atoms with Crippen LogP contribution in [0, 0.1) is 0 Å². The number of carboxylic acid groups (broad SMARTS) is 1. The molecule has 0 aliphatic heterocycles. The van der Waals surface area contributed by atoms with Gasteiger partial charge in [-0.15, -0.1) is 0 Å². The summed E-state index contributed by atoms with van der Waals surface area (Å²) in [6, 6.07) is 7.64. The highest BCUT2D eigenvalue weighted by Crippen LogP contribution is 2.35. The van der Waals surface area contributed by atoms with Crippen molar-refractivity contribution in [2.24, 2.45) is 0 Å². The normalized spacial score (nSPS) is 11.1. The topological polar surface area (TPSA) is 132 Å². The zero-order chi connectivity index (χ0) is 23.0.